The van der Waals surface area contributed by atoms with Gasteiger partial charge in [0.15, 0.2) is 0 Å². The van der Waals surface area contributed by atoms with Crippen molar-refractivity contribution >= 4 is 5.97 Å². The number of carbonyl (C=O) groups is 1. The van der Waals surface area contributed by atoms with Crippen LogP contribution in [0, 0.1) is 12.7 Å². The molecule has 0 aromatic heterocycles. The molecule has 1 aliphatic rings. The van der Waals surface area contributed by atoms with Crippen molar-refractivity contribution in [2.24, 2.45) is 0 Å². The van der Waals surface area contributed by atoms with Gasteiger partial charge in [0.05, 0.1) is 11.7 Å². The largest absolute Gasteiger partial charge is 0.459 e. The summed E-state index contributed by atoms with van der Waals surface area (Å²) in [5.41, 5.74) is 0.997. The van der Waals surface area contributed by atoms with Gasteiger partial charge in [-0.25, -0.2) is 9.18 Å². The smallest absolute Gasteiger partial charge is 0.338 e. The van der Waals surface area contributed by atoms with Crippen LogP contribution in [-0.4, -0.2) is 25.3 Å². The molecule has 0 bridgehead atoms. The third-order valence-corrected chi connectivity index (χ3v) is 3.08. The summed E-state index contributed by atoms with van der Waals surface area (Å²) >= 11 is 0. The molecule has 0 amide bonds. The maximum atomic E-state index is 12.9. The highest BCUT2D eigenvalue weighted by atomic mass is 19.1. The fourth-order valence-electron chi connectivity index (χ4n) is 2.04. The second-order valence-corrected chi connectivity index (χ2v) is 4.55. The standard InChI is InChI=1S/C14H17FO3/c1-10-8-11(15)5-6-13(10)14(16)18-9-12-4-2-3-7-17-12/h5-6,8,12H,2-4,7,9H2,1H3. The van der Waals surface area contributed by atoms with Crippen LogP contribution >= 0.6 is 0 Å². The van der Waals surface area contributed by atoms with Crippen LogP contribution in [0.15, 0.2) is 18.2 Å². The van der Waals surface area contributed by atoms with Gasteiger partial charge in [-0.1, -0.05) is 0 Å². The van der Waals surface area contributed by atoms with Crippen LogP contribution in [0.25, 0.3) is 0 Å². The lowest BCUT2D eigenvalue weighted by Gasteiger charge is -2.22. The first-order chi connectivity index (χ1) is 8.66. The van der Waals surface area contributed by atoms with Crippen LogP contribution in [0.4, 0.5) is 4.39 Å². The summed E-state index contributed by atoms with van der Waals surface area (Å²) in [4.78, 5) is 11.8. The van der Waals surface area contributed by atoms with Crippen molar-refractivity contribution in [1.82, 2.24) is 0 Å². The Labute approximate surface area is 106 Å². The minimum Gasteiger partial charge on any atom is -0.459 e. The Morgan fingerprint density at radius 3 is 3.00 bits per heavy atom. The van der Waals surface area contributed by atoms with E-state index in [4.69, 9.17) is 9.47 Å². The van der Waals surface area contributed by atoms with Gasteiger partial charge in [0.2, 0.25) is 0 Å². The van der Waals surface area contributed by atoms with Crippen molar-refractivity contribution in [2.45, 2.75) is 32.3 Å². The Balaban J connectivity index is 1.90. The molecule has 98 valence electrons. The van der Waals surface area contributed by atoms with Gasteiger partial charge in [-0.2, -0.15) is 0 Å². The maximum Gasteiger partial charge on any atom is 0.338 e. The highest BCUT2D eigenvalue weighted by Crippen LogP contribution is 2.15. The maximum absolute atomic E-state index is 12.9. The molecule has 1 atom stereocenters. The van der Waals surface area contributed by atoms with Gasteiger partial charge in [0, 0.05) is 6.61 Å². The molecular weight excluding hydrogens is 235 g/mol. The lowest BCUT2D eigenvalue weighted by Crippen LogP contribution is -2.26. The summed E-state index contributed by atoms with van der Waals surface area (Å²) in [7, 11) is 0. The van der Waals surface area contributed by atoms with Crippen molar-refractivity contribution in [1.29, 1.82) is 0 Å². The Hall–Kier alpha value is -1.42. The quantitative estimate of drug-likeness (QED) is 0.776. The number of rotatable bonds is 3. The van der Waals surface area contributed by atoms with Gasteiger partial charge in [0.25, 0.3) is 0 Å². The fourth-order valence-corrected chi connectivity index (χ4v) is 2.04. The molecule has 0 N–H and O–H groups in total. The number of carbonyl (C=O) groups excluding carboxylic acids is 1. The van der Waals surface area contributed by atoms with E-state index in [1.807, 2.05) is 0 Å². The van der Waals surface area contributed by atoms with Crippen molar-refractivity contribution in [3.8, 4) is 0 Å². The van der Waals surface area contributed by atoms with Gasteiger partial charge in [0.1, 0.15) is 12.4 Å². The van der Waals surface area contributed by atoms with E-state index in [2.05, 4.69) is 0 Å². The first kappa shape index (κ1) is 13.0. The highest BCUT2D eigenvalue weighted by molar-refractivity contribution is 5.90. The van der Waals surface area contributed by atoms with Crippen molar-refractivity contribution in [2.75, 3.05) is 13.2 Å². The van der Waals surface area contributed by atoms with Gasteiger partial charge in [-0.3, -0.25) is 0 Å². The predicted octanol–water partition coefficient (Wildman–Crippen LogP) is 2.86. The molecule has 4 heteroatoms. The third kappa shape index (κ3) is 3.29. The van der Waals surface area contributed by atoms with E-state index < -0.39 is 5.97 Å². The van der Waals surface area contributed by atoms with E-state index in [1.54, 1.807) is 6.92 Å². The molecular formula is C14H17FO3. The van der Waals surface area contributed by atoms with E-state index in [-0.39, 0.29) is 18.5 Å². The molecule has 1 aliphatic heterocycles. The van der Waals surface area contributed by atoms with Gasteiger partial charge < -0.3 is 9.47 Å². The number of ether oxygens (including phenoxy) is 2. The van der Waals surface area contributed by atoms with Gasteiger partial charge in [-0.05, 0) is 49.9 Å². The molecule has 1 aromatic rings. The second kappa shape index (κ2) is 5.96. The summed E-state index contributed by atoms with van der Waals surface area (Å²) in [5.74, 6) is -0.763. The Morgan fingerprint density at radius 1 is 1.50 bits per heavy atom. The summed E-state index contributed by atoms with van der Waals surface area (Å²) < 4.78 is 23.6. The summed E-state index contributed by atoms with van der Waals surface area (Å²) in [6, 6.07) is 4.04. The third-order valence-electron chi connectivity index (χ3n) is 3.08. The predicted molar refractivity (Wildman–Crippen MR) is 65.0 cm³/mol. The number of hydrogen-bond donors (Lipinski definition) is 0. The van der Waals surface area contributed by atoms with E-state index in [0.717, 1.165) is 25.9 Å². The summed E-state index contributed by atoms with van der Waals surface area (Å²) in [6.45, 7) is 2.70. The number of aryl methyl sites for hydroxylation is 1. The van der Waals surface area contributed by atoms with E-state index in [9.17, 15) is 9.18 Å². The average molecular weight is 252 g/mol. The number of benzene rings is 1. The normalized spacial score (nSPS) is 19.6. The lowest BCUT2D eigenvalue weighted by atomic mass is 10.1. The minimum absolute atomic E-state index is 0.00320. The molecule has 1 fully saturated rings. The minimum atomic E-state index is -0.415. The molecule has 1 saturated heterocycles. The van der Waals surface area contributed by atoms with Crippen LogP contribution in [-0.2, 0) is 9.47 Å². The van der Waals surface area contributed by atoms with E-state index in [0.29, 0.717) is 11.1 Å². The molecule has 1 unspecified atom stereocenters. The monoisotopic (exact) mass is 252 g/mol. The Morgan fingerprint density at radius 2 is 2.33 bits per heavy atom. The first-order valence-electron chi connectivity index (χ1n) is 6.21. The molecule has 0 saturated carbocycles. The molecule has 1 heterocycles. The summed E-state index contributed by atoms with van der Waals surface area (Å²) in [6.07, 6.45) is 3.11. The van der Waals surface area contributed by atoms with Gasteiger partial charge >= 0.3 is 5.97 Å². The van der Waals surface area contributed by atoms with Crippen LogP contribution < -0.4 is 0 Å². The highest BCUT2D eigenvalue weighted by Gasteiger charge is 2.17. The zero-order valence-corrected chi connectivity index (χ0v) is 10.4. The lowest BCUT2D eigenvalue weighted by molar-refractivity contribution is -0.0300. The number of hydrogen-bond acceptors (Lipinski definition) is 3. The fraction of sp³-hybridized carbons (Fsp3) is 0.500. The van der Waals surface area contributed by atoms with E-state index >= 15 is 0 Å². The second-order valence-electron chi connectivity index (χ2n) is 4.55. The molecule has 0 spiro atoms. The topological polar surface area (TPSA) is 35.5 Å². The van der Waals surface area contributed by atoms with Crippen molar-refractivity contribution < 1.29 is 18.7 Å². The van der Waals surface area contributed by atoms with Crippen LogP contribution in [0.1, 0.15) is 35.2 Å². The SMILES string of the molecule is Cc1cc(F)ccc1C(=O)OCC1CCCCO1. The van der Waals surface area contributed by atoms with Crippen LogP contribution in [0.3, 0.4) is 0 Å². The number of esters is 1. The molecule has 1 aromatic carbocycles. The molecule has 0 aliphatic carbocycles. The molecule has 0 radical (unpaired) electrons. The molecule has 3 nitrogen and oxygen atoms in total. The van der Waals surface area contributed by atoms with E-state index in [1.165, 1.54) is 18.2 Å². The zero-order valence-electron chi connectivity index (χ0n) is 10.4. The van der Waals surface area contributed by atoms with Crippen molar-refractivity contribution in [3.05, 3.63) is 35.1 Å². The zero-order chi connectivity index (χ0) is 13.0. The molecule has 18 heavy (non-hydrogen) atoms. The van der Waals surface area contributed by atoms with Crippen LogP contribution in [0.5, 0.6) is 0 Å². The van der Waals surface area contributed by atoms with Crippen molar-refractivity contribution in [3.63, 3.8) is 0 Å². The summed E-state index contributed by atoms with van der Waals surface area (Å²) in [5, 5.41) is 0. The van der Waals surface area contributed by atoms with Gasteiger partial charge in [-0.15, -0.1) is 0 Å². The first-order valence-corrected chi connectivity index (χ1v) is 6.21. The Kier molecular flexibility index (Phi) is 4.31. The average Bonchev–Trinajstić information content (AvgIpc) is 2.37. The molecule has 2 rings (SSSR count). The van der Waals surface area contributed by atoms with Crippen LogP contribution in [0.2, 0.25) is 0 Å². The Bertz CT molecular complexity index is 425. The number of halogens is 1.